The zero-order valence-corrected chi connectivity index (χ0v) is 19.8. The van der Waals surface area contributed by atoms with E-state index in [0.29, 0.717) is 29.6 Å². The van der Waals surface area contributed by atoms with Crippen LogP contribution in [0.5, 0.6) is 0 Å². The van der Waals surface area contributed by atoms with Gasteiger partial charge in [0.05, 0.1) is 24.0 Å². The van der Waals surface area contributed by atoms with E-state index in [0.717, 1.165) is 54.0 Å². The maximum atomic E-state index is 13.0. The first-order chi connectivity index (χ1) is 17.1. The molecular weight excluding hydrogens is 446 g/mol. The van der Waals surface area contributed by atoms with Crippen molar-refractivity contribution in [1.29, 1.82) is 0 Å². The molecule has 2 unspecified atom stereocenters. The predicted molar refractivity (Wildman–Crippen MR) is 131 cm³/mol. The van der Waals surface area contributed by atoms with Gasteiger partial charge in [0.1, 0.15) is 17.0 Å². The quantitative estimate of drug-likeness (QED) is 0.376. The van der Waals surface area contributed by atoms with Crippen LogP contribution in [0.15, 0.2) is 36.8 Å². The summed E-state index contributed by atoms with van der Waals surface area (Å²) in [5.74, 6) is 1.02. The van der Waals surface area contributed by atoms with Crippen molar-refractivity contribution in [2.45, 2.75) is 43.9 Å². The van der Waals surface area contributed by atoms with Crippen LogP contribution in [0.4, 0.5) is 5.82 Å². The second-order valence-electron chi connectivity index (χ2n) is 9.57. The summed E-state index contributed by atoms with van der Waals surface area (Å²) in [6.45, 7) is 0.781. The Morgan fingerprint density at radius 2 is 2.14 bits per heavy atom. The van der Waals surface area contributed by atoms with Crippen molar-refractivity contribution < 1.29 is 14.6 Å². The Kier molecular flexibility index (Phi) is 5.42. The summed E-state index contributed by atoms with van der Waals surface area (Å²) in [5, 5.41) is 21.4. The number of ether oxygens (including phenoxy) is 1. The molecule has 4 aromatic rings. The fourth-order valence-corrected chi connectivity index (χ4v) is 5.20. The molecule has 2 atom stereocenters. The normalized spacial score (nSPS) is 23.7. The number of fused-ring (bicyclic) bond motifs is 2. The van der Waals surface area contributed by atoms with Gasteiger partial charge in [0, 0.05) is 56.2 Å². The Hall–Kier alpha value is -3.50. The van der Waals surface area contributed by atoms with Crippen LogP contribution in [-0.2, 0) is 4.74 Å². The molecule has 3 N–H and O–H groups in total. The molecule has 0 bridgehead atoms. The number of carbonyl (C=O) groups excluding carboxylic acids is 1. The molecule has 4 heterocycles. The van der Waals surface area contributed by atoms with Gasteiger partial charge < -0.3 is 25.0 Å². The van der Waals surface area contributed by atoms with E-state index in [2.05, 4.69) is 37.5 Å². The number of hydrogen-bond donors (Lipinski definition) is 3. The summed E-state index contributed by atoms with van der Waals surface area (Å²) >= 11 is 0. The summed E-state index contributed by atoms with van der Waals surface area (Å²) in [5.41, 5.74) is 3.48. The highest BCUT2D eigenvalue weighted by Crippen LogP contribution is 2.42. The number of pyridine rings is 1. The number of carbonyl (C=O) groups is 1. The number of methoxy groups -OCH3 is 1. The molecule has 0 aliphatic heterocycles. The van der Waals surface area contributed by atoms with Crippen LogP contribution in [-0.4, -0.2) is 68.1 Å². The maximum Gasteiger partial charge on any atom is 0.257 e. The summed E-state index contributed by atoms with van der Waals surface area (Å²) in [4.78, 5) is 22.6. The van der Waals surface area contributed by atoms with Crippen molar-refractivity contribution in [3.63, 3.8) is 0 Å². The van der Waals surface area contributed by atoms with Gasteiger partial charge in [-0.05, 0) is 43.7 Å². The van der Waals surface area contributed by atoms with Gasteiger partial charge in [-0.2, -0.15) is 9.61 Å². The highest BCUT2D eigenvalue weighted by Gasteiger charge is 2.33. The molecule has 10 nitrogen and oxygen atoms in total. The Morgan fingerprint density at radius 3 is 2.86 bits per heavy atom. The average molecular weight is 476 g/mol. The molecule has 0 spiro atoms. The van der Waals surface area contributed by atoms with E-state index in [-0.39, 0.29) is 11.9 Å². The Labute approximate surface area is 202 Å². The number of aliphatic hydroxyl groups is 1. The third-order valence-electron chi connectivity index (χ3n) is 7.40. The number of amides is 1. The molecule has 0 saturated heterocycles. The lowest BCUT2D eigenvalue weighted by Gasteiger charge is -2.36. The van der Waals surface area contributed by atoms with Crippen LogP contribution in [0.25, 0.3) is 27.9 Å². The zero-order chi connectivity index (χ0) is 24.1. The number of rotatable bonds is 7. The lowest BCUT2D eigenvalue weighted by atomic mass is 9.80. The summed E-state index contributed by atoms with van der Waals surface area (Å²) in [6.07, 6.45) is 8.57. The molecule has 2 aliphatic rings. The van der Waals surface area contributed by atoms with Crippen molar-refractivity contribution in [2.24, 2.45) is 5.92 Å². The van der Waals surface area contributed by atoms with E-state index in [4.69, 9.17) is 9.72 Å². The van der Waals surface area contributed by atoms with Crippen LogP contribution in [0.2, 0.25) is 0 Å². The molecule has 10 heteroatoms. The lowest BCUT2D eigenvalue weighted by molar-refractivity contribution is 0.0448. The topological polar surface area (TPSA) is 119 Å². The van der Waals surface area contributed by atoms with E-state index in [1.54, 1.807) is 11.6 Å². The van der Waals surface area contributed by atoms with Crippen molar-refractivity contribution >= 4 is 28.4 Å². The minimum atomic E-state index is -0.495. The number of hydrogen-bond acceptors (Lipinski definition) is 7. The number of nitrogens with zero attached hydrogens (tertiary/aromatic N) is 5. The van der Waals surface area contributed by atoms with Gasteiger partial charge in [-0.25, -0.2) is 9.97 Å². The van der Waals surface area contributed by atoms with Crippen LogP contribution < -0.4 is 10.6 Å². The van der Waals surface area contributed by atoms with E-state index in [1.165, 1.54) is 6.20 Å². The van der Waals surface area contributed by atoms with Gasteiger partial charge in [-0.1, -0.05) is 0 Å². The molecule has 0 radical (unpaired) electrons. The van der Waals surface area contributed by atoms with Gasteiger partial charge in [0.15, 0.2) is 5.65 Å². The minimum absolute atomic E-state index is 0.224. The Bertz CT molecular complexity index is 1410. The van der Waals surface area contributed by atoms with Crippen LogP contribution in [0, 0.1) is 5.92 Å². The van der Waals surface area contributed by atoms with Crippen LogP contribution >= 0.6 is 0 Å². The van der Waals surface area contributed by atoms with Gasteiger partial charge in [-0.15, -0.1) is 0 Å². The number of aromatic nitrogens is 5. The molecule has 6 rings (SSSR count). The third-order valence-corrected chi connectivity index (χ3v) is 7.40. The molecule has 2 saturated carbocycles. The van der Waals surface area contributed by atoms with Crippen molar-refractivity contribution in [3.05, 3.63) is 42.4 Å². The molecular formula is C25H29N7O3. The molecule has 2 fully saturated rings. The molecule has 182 valence electrons. The fraction of sp³-hybridized carbons (Fsp3) is 0.440. The van der Waals surface area contributed by atoms with Crippen molar-refractivity contribution in [3.8, 4) is 11.3 Å². The zero-order valence-electron chi connectivity index (χ0n) is 19.8. The highest BCUT2D eigenvalue weighted by molar-refractivity contribution is 6.01. The Balaban J connectivity index is 1.42. The SMILES string of the molecule is CNc1cc(-c2cn(C3CC(COC)C3)c3ncccc23)nc2c(C(=O)NC3CCC3O)cnn12. The molecule has 4 aromatic heterocycles. The minimum Gasteiger partial charge on any atom is -0.391 e. The number of aliphatic hydroxyl groups excluding tert-OH is 1. The van der Waals surface area contributed by atoms with Crippen molar-refractivity contribution in [1.82, 2.24) is 29.5 Å². The van der Waals surface area contributed by atoms with Gasteiger partial charge in [-0.3, -0.25) is 4.79 Å². The largest absolute Gasteiger partial charge is 0.391 e. The highest BCUT2D eigenvalue weighted by atomic mass is 16.5. The first kappa shape index (κ1) is 22.0. The average Bonchev–Trinajstić information content (AvgIpc) is 3.45. The van der Waals surface area contributed by atoms with E-state index < -0.39 is 6.10 Å². The smallest absolute Gasteiger partial charge is 0.257 e. The van der Waals surface area contributed by atoms with E-state index in [9.17, 15) is 9.90 Å². The van der Waals surface area contributed by atoms with E-state index in [1.807, 2.05) is 25.4 Å². The second-order valence-corrected chi connectivity index (χ2v) is 9.57. The van der Waals surface area contributed by atoms with Crippen molar-refractivity contribution in [2.75, 3.05) is 26.1 Å². The van der Waals surface area contributed by atoms with Gasteiger partial charge in [0.2, 0.25) is 0 Å². The maximum absolute atomic E-state index is 13.0. The van der Waals surface area contributed by atoms with E-state index >= 15 is 0 Å². The van der Waals surface area contributed by atoms with Gasteiger partial charge >= 0.3 is 0 Å². The number of anilines is 1. The second kappa shape index (κ2) is 8.62. The van der Waals surface area contributed by atoms with Crippen LogP contribution in [0.1, 0.15) is 42.1 Å². The molecule has 1 amide bonds. The summed E-state index contributed by atoms with van der Waals surface area (Å²) < 4.78 is 9.21. The van der Waals surface area contributed by atoms with Gasteiger partial charge in [0.25, 0.3) is 5.91 Å². The summed E-state index contributed by atoms with van der Waals surface area (Å²) in [6, 6.07) is 6.09. The third kappa shape index (κ3) is 3.64. The lowest BCUT2D eigenvalue weighted by Crippen LogP contribution is -2.50. The number of nitrogens with one attached hydrogen (secondary N) is 2. The summed E-state index contributed by atoms with van der Waals surface area (Å²) in [7, 11) is 3.57. The standard InChI is InChI=1S/C25H29N7O3/c1-26-22-10-20(29-24-17(11-28-32(22)24)25(34)30-19-5-6-21(19)33)18-12-31(15-8-14(9-15)13-35-2)23-16(18)4-3-7-27-23/h3-4,7,10-12,14-15,19,21,26,33H,5-6,8-9,13H2,1-2H3,(H,30,34). The first-order valence-corrected chi connectivity index (χ1v) is 12.1. The molecule has 0 aromatic carbocycles. The fourth-order valence-electron chi connectivity index (χ4n) is 5.20. The molecule has 2 aliphatic carbocycles. The molecule has 35 heavy (non-hydrogen) atoms. The van der Waals surface area contributed by atoms with Crippen LogP contribution in [0.3, 0.4) is 0 Å². The predicted octanol–water partition coefficient (Wildman–Crippen LogP) is 2.64. The monoisotopic (exact) mass is 475 g/mol. The first-order valence-electron chi connectivity index (χ1n) is 12.1. The Morgan fingerprint density at radius 1 is 1.29 bits per heavy atom.